The minimum atomic E-state index is -0.710. The van der Waals surface area contributed by atoms with E-state index in [4.69, 9.17) is 4.74 Å². The van der Waals surface area contributed by atoms with Gasteiger partial charge in [-0.1, -0.05) is 0 Å². The number of carbonyl (C=O) groups excluding carboxylic acids is 2. The Kier molecular flexibility index (Phi) is 5.73. The number of pyridine rings is 1. The molecule has 0 atom stereocenters. The van der Waals surface area contributed by atoms with E-state index in [0.717, 1.165) is 6.07 Å². The zero-order valence-electron chi connectivity index (χ0n) is 13.9. The van der Waals surface area contributed by atoms with Crippen molar-refractivity contribution < 1.29 is 18.7 Å². The molecule has 0 unspecified atom stereocenters. The van der Waals surface area contributed by atoms with Gasteiger partial charge in [-0.3, -0.25) is 15.1 Å². The number of nitrogens with zero attached hydrogens (tertiary/aromatic N) is 1. The highest BCUT2D eigenvalue weighted by molar-refractivity contribution is 9.10. The summed E-state index contributed by atoms with van der Waals surface area (Å²) < 4.78 is 19.3. The summed E-state index contributed by atoms with van der Waals surface area (Å²) in [5, 5.41) is 5.05. The smallest absolute Gasteiger partial charge is 0.412 e. The van der Waals surface area contributed by atoms with Gasteiger partial charge < -0.3 is 10.1 Å². The Labute approximate surface area is 152 Å². The maximum Gasteiger partial charge on any atom is 0.412 e. The Hall–Kier alpha value is -2.48. The minimum Gasteiger partial charge on any atom is -0.444 e. The number of aromatic nitrogens is 1. The third-order valence-corrected chi connectivity index (χ3v) is 3.27. The highest BCUT2D eigenvalue weighted by Crippen LogP contribution is 2.24. The van der Waals surface area contributed by atoms with E-state index >= 15 is 0 Å². The van der Waals surface area contributed by atoms with Crippen molar-refractivity contribution in [3.63, 3.8) is 0 Å². The molecular weight excluding hydrogens is 393 g/mol. The molecule has 0 fully saturated rings. The summed E-state index contributed by atoms with van der Waals surface area (Å²) >= 11 is 3.23. The Morgan fingerprint density at radius 2 is 1.84 bits per heavy atom. The van der Waals surface area contributed by atoms with E-state index in [2.05, 4.69) is 31.5 Å². The number of halogens is 2. The number of amides is 2. The molecule has 25 heavy (non-hydrogen) atoms. The van der Waals surface area contributed by atoms with Gasteiger partial charge in [-0.05, 0) is 61.0 Å². The van der Waals surface area contributed by atoms with Crippen LogP contribution in [-0.4, -0.2) is 22.6 Å². The van der Waals surface area contributed by atoms with Crippen molar-refractivity contribution in [3.05, 3.63) is 52.5 Å². The van der Waals surface area contributed by atoms with Gasteiger partial charge in [-0.15, -0.1) is 0 Å². The van der Waals surface area contributed by atoms with E-state index < -0.39 is 23.4 Å². The summed E-state index contributed by atoms with van der Waals surface area (Å²) in [6.07, 6.45) is 2.20. The molecule has 1 heterocycles. The van der Waals surface area contributed by atoms with Crippen LogP contribution in [0.2, 0.25) is 0 Å². The molecule has 1 aromatic carbocycles. The van der Waals surface area contributed by atoms with Crippen molar-refractivity contribution in [1.29, 1.82) is 0 Å². The van der Waals surface area contributed by atoms with Crippen molar-refractivity contribution in [1.82, 2.24) is 4.98 Å². The van der Waals surface area contributed by atoms with Crippen LogP contribution in [0.25, 0.3) is 0 Å². The van der Waals surface area contributed by atoms with E-state index in [1.165, 1.54) is 24.5 Å². The van der Waals surface area contributed by atoms with Crippen molar-refractivity contribution in [2.24, 2.45) is 0 Å². The van der Waals surface area contributed by atoms with Crippen molar-refractivity contribution >= 4 is 39.3 Å². The van der Waals surface area contributed by atoms with Gasteiger partial charge in [-0.25, -0.2) is 9.18 Å². The van der Waals surface area contributed by atoms with E-state index in [1.54, 1.807) is 26.8 Å². The molecule has 0 saturated carbocycles. The number of anilines is 2. The molecular formula is C17H17BrFN3O3. The Morgan fingerprint density at radius 1 is 1.12 bits per heavy atom. The zero-order valence-corrected chi connectivity index (χ0v) is 15.5. The second-order valence-corrected chi connectivity index (χ2v) is 7.08. The van der Waals surface area contributed by atoms with E-state index in [1.807, 2.05) is 0 Å². The molecule has 0 spiro atoms. The lowest BCUT2D eigenvalue weighted by Gasteiger charge is -2.20. The predicted molar refractivity (Wildman–Crippen MR) is 96.1 cm³/mol. The number of benzene rings is 1. The normalized spacial score (nSPS) is 10.9. The SMILES string of the molecule is CC(C)(C)OC(=O)Nc1ccc(F)cc1NC(=O)c1cncc(Br)c1. The molecule has 1 aromatic heterocycles. The Balaban J connectivity index is 2.21. The predicted octanol–water partition coefficient (Wildman–Crippen LogP) is 4.58. The lowest BCUT2D eigenvalue weighted by molar-refractivity contribution is 0.0635. The molecule has 2 N–H and O–H groups in total. The summed E-state index contributed by atoms with van der Waals surface area (Å²) in [6, 6.07) is 5.19. The lowest BCUT2D eigenvalue weighted by Crippen LogP contribution is -2.27. The van der Waals surface area contributed by atoms with Gasteiger partial charge in [0.1, 0.15) is 11.4 Å². The number of ether oxygens (including phenoxy) is 1. The highest BCUT2D eigenvalue weighted by Gasteiger charge is 2.18. The zero-order chi connectivity index (χ0) is 18.6. The first-order chi connectivity index (χ1) is 11.6. The van der Waals surface area contributed by atoms with Crippen LogP contribution in [0, 0.1) is 5.82 Å². The summed E-state index contributed by atoms with van der Waals surface area (Å²) in [6.45, 7) is 5.17. The van der Waals surface area contributed by atoms with E-state index in [0.29, 0.717) is 4.47 Å². The third kappa shape index (κ3) is 5.82. The van der Waals surface area contributed by atoms with Crippen LogP contribution in [-0.2, 0) is 4.74 Å². The molecule has 0 saturated heterocycles. The standard InChI is InChI=1S/C17H17BrFN3O3/c1-17(2,3)25-16(24)22-13-5-4-12(19)7-14(13)21-15(23)10-6-11(18)9-20-8-10/h4-9H,1-3H3,(H,21,23)(H,22,24). The number of hydrogen-bond acceptors (Lipinski definition) is 4. The molecule has 2 amide bonds. The van der Waals surface area contributed by atoms with Gasteiger partial charge in [0, 0.05) is 16.9 Å². The molecule has 8 heteroatoms. The first kappa shape index (κ1) is 18.9. The van der Waals surface area contributed by atoms with Crippen LogP contribution in [0.15, 0.2) is 41.1 Å². The molecule has 0 bridgehead atoms. The third-order valence-electron chi connectivity index (χ3n) is 2.83. The summed E-state index contributed by atoms with van der Waals surface area (Å²) in [4.78, 5) is 28.1. The van der Waals surface area contributed by atoms with Crippen molar-refractivity contribution in [3.8, 4) is 0 Å². The van der Waals surface area contributed by atoms with Crippen LogP contribution in [0.3, 0.4) is 0 Å². The monoisotopic (exact) mass is 409 g/mol. The molecule has 0 aliphatic rings. The van der Waals surface area contributed by atoms with Crippen LogP contribution in [0.1, 0.15) is 31.1 Å². The number of rotatable bonds is 3. The van der Waals surface area contributed by atoms with Gasteiger partial charge >= 0.3 is 6.09 Å². The van der Waals surface area contributed by atoms with Crippen LogP contribution in [0.5, 0.6) is 0 Å². The van der Waals surface area contributed by atoms with Crippen LogP contribution < -0.4 is 10.6 Å². The van der Waals surface area contributed by atoms with Gasteiger partial charge in [0.25, 0.3) is 5.91 Å². The number of nitrogens with one attached hydrogen (secondary N) is 2. The Bertz CT molecular complexity index is 806. The first-order valence-corrected chi connectivity index (χ1v) is 8.15. The second kappa shape index (κ2) is 7.60. The van der Waals surface area contributed by atoms with Gasteiger partial charge in [-0.2, -0.15) is 0 Å². The fourth-order valence-electron chi connectivity index (χ4n) is 1.87. The average Bonchev–Trinajstić information content (AvgIpc) is 2.48. The average molecular weight is 410 g/mol. The maximum atomic E-state index is 13.6. The fourth-order valence-corrected chi connectivity index (χ4v) is 2.24. The molecule has 132 valence electrons. The molecule has 0 aliphatic heterocycles. The van der Waals surface area contributed by atoms with E-state index in [9.17, 15) is 14.0 Å². The summed E-state index contributed by atoms with van der Waals surface area (Å²) in [5.41, 5.74) is -0.0835. The topological polar surface area (TPSA) is 80.3 Å². The molecule has 0 aliphatic carbocycles. The fraction of sp³-hybridized carbons (Fsp3) is 0.235. The summed E-state index contributed by atoms with van der Waals surface area (Å²) in [7, 11) is 0. The molecule has 2 rings (SSSR count). The van der Waals surface area contributed by atoms with Crippen LogP contribution >= 0.6 is 15.9 Å². The van der Waals surface area contributed by atoms with Gasteiger partial charge in [0.05, 0.1) is 16.9 Å². The molecule has 6 nitrogen and oxygen atoms in total. The minimum absolute atomic E-state index is 0.107. The van der Waals surface area contributed by atoms with Crippen molar-refractivity contribution in [2.75, 3.05) is 10.6 Å². The quantitative estimate of drug-likeness (QED) is 0.776. The van der Waals surface area contributed by atoms with Crippen molar-refractivity contribution in [2.45, 2.75) is 26.4 Å². The lowest BCUT2D eigenvalue weighted by atomic mass is 10.2. The number of hydrogen-bond donors (Lipinski definition) is 2. The second-order valence-electron chi connectivity index (χ2n) is 6.16. The highest BCUT2D eigenvalue weighted by atomic mass is 79.9. The van der Waals surface area contributed by atoms with Crippen LogP contribution in [0.4, 0.5) is 20.6 Å². The molecule has 2 aromatic rings. The Morgan fingerprint density at radius 3 is 2.48 bits per heavy atom. The largest absolute Gasteiger partial charge is 0.444 e. The first-order valence-electron chi connectivity index (χ1n) is 7.35. The van der Waals surface area contributed by atoms with Gasteiger partial charge in [0.15, 0.2) is 0 Å². The van der Waals surface area contributed by atoms with E-state index in [-0.39, 0.29) is 16.9 Å². The molecule has 0 radical (unpaired) electrons. The number of carbonyl (C=O) groups is 2. The van der Waals surface area contributed by atoms with Gasteiger partial charge in [0.2, 0.25) is 0 Å². The maximum absolute atomic E-state index is 13.6. The summed E-state index contributed by atoms with van der Waals surface area (Å²) in [5.74, 6) is -1.05.